The fourth-order valence-electron chi connectivity index (χ4n) is 4.80. The zero-order chi connectivity index (χ0) is 27.8. The number of hydrogen-bond donors (Lipinski definition) is 3. The molecule has 0 bridgehead atoms. The van der Waals surface area contributed by atoms with Crippen molar-refractivity contribution in [3.05, 3.63) is 101 Å². The number of carboxylic acids is 1. The fraction of sp³-hybridized carbons (Fsp3) is 0.355. The van der Waals surface area contributed by atoms with Gasteiger partial charge in [0.15, 0.2) is 6.29 Å². The quantitative estimate of drug-likeness (QED) is 0.322. The minimum atomic E-state index is -1.02. The number of hydrogen-bond acceptors (Lipinski definition) is 6. The minimum absolute atomic E-state index is 0.0228. The molecule has 4 rings (SSSR count). The largest absolute Gasteiger partial charge is 0.481 e. The number of carboxylic acid groups (broad SMARTS) is 1. The average molecular weight is 533 g/mol. The lowest BCUT2D eigenvalue weighted by Gasteiger charge is -2.42. The van der Waals surface area contributed by atoms with Crippen LogP contribution in [0.5, 0.6) is 0 Å². The van der Waals surface area contributed by atoms with Gasteiger partial charge in [-0.2, -0.15) is 0 Å². The van der Waals surface area contributed by atoms with E-state index in [0.29, 0.717) is 12.2 Å². The molecule has 1 aliphatic rings. The summed E-state index contributed by atoms with van der Waals surface area (Å²) >= 11 is 0. The molecular formula is C31H36N2O6. The van der Waals surface area contributed by atoms with Crippen molar-refractivity contribution in [2.24, 2.45) is 5.92 Å². The molecule has 3 N–H and O–H groups in total. The van der Waals surface area contributed by atoms with Gasteiger partial charge in [-0.05, 0) is 35.9 Å². The molecule has 0 aromatic heterocycles. The highest BCUT2D eigenvalue weighted by Crippen LogP contribution is 2.42. The highest BCUT2D eigenvalue weighted by Gasteiger charge is 2.38. The number of amides is 1. The van der Waals surface area contributed by atoms with Crippen LogP contribution in [0.15, 0.2) is 78.9 Å². The Kier molecular flexibility index (Phi) is 9.84. The van der Waals surface area contributed by atoms with E-state index in [9.17, 15) is 14.7 Å². The number of ether oxygens (including phenoxy) is 2. The van der Waals surface area contributed by atoms with Gasteiger partial charge in [-0.25, -0.2) is 0 Å². The van der Waals surface area contributed by atoms with Gasteiger partial charge >= 0.3 is 5.97 Å². The Hall–Kier alpha value is -3.56. The van der Waals surface area contributed by atoms with Crippen molar-refractivity contribution in [1.29, 1.82) is 0 Å². The van der Waals surface area contributed by atoms with Crippen molar-refractivity contribution in [2.45, 2.75) is 51.4 Å². The Morgan fingerprint density at radius 1 is 0.897 bits per heavy atom. The molecular weight excluding hydrogens is 496 g/mol. The number of aliphatic hydroxyl groups is 1. The molecule has 4 unspecified atom stereocenters. The van der Waals surface area contributed by atoms with Crippen LogP contribution in [0.1, 0.15) is 54.4 Å². The molecule has 8 nitrogen and oxygen atoms in total. The van der Waals surface area contributed by atoms with E-state index in [1.54, 1.807) is 12.1 Å². The van der Waals surface area contributed by atoms with E-state index in [-0.39, 0.29) is 43.5 Å². The fourth-order valence-corrected chi connectivity index (χ4v) is 4.80. The average Bonchev–Trinajstić information content (AvgIpc) is 2.94. The number of aliphatic hydroxyl groups excluding tert-OH is 1. The lowest BCUT2D eigenvalue weighted by Crippen LogP contribution is -2.43. The smallest absolute Gasteiger partial charge is 0.303 e. The number of carbonyl (C=O) groups is 2. The lowest BCUT2D eigenvalue weighted by atomic mass is 9.90. The number of carbonyl (C=O) groups excluding carboxylic acids is 1. The summed E-state index contributed by atoms with van der Waals surface area (Å²) in [6, 6.07) is 25.3. The van der Waals surface area contributed by atoms with E-state index in [1.807, 2.05) is 54.6 Å². The number of nitrogens with one attached hydrogen (secondary N) is 1. The number of benzene rings is 3. The van der Waals surface area contributed by atoms with Gasteiger partial charge in [-0.3, -0.25) is 14.5 Å². The normalized spacial score (nSPS) is 21.0. The maximum atomic E-state index is 12.2. The van der Waals surface area contributed by atoms with Crippen LogP contribution >= 0.6 is 0 Å². The number of rotatable bonds is 11. The van der Waals surface area contributed by atoms with Gasteiger partial charge in [0, 0.05) is 36.7 Å². The van der Waals surface area contributed by atoms with Gasteiger partial charge in [0.05, 0.1) is 25.2 Å². The Bertz CT molecular complexity index is 1230. The zero-order valence-electron chi connectivity index (χ0n) is 22.3. The van der Waals surface area contributed by atoms with Gasteiger partial charge in [-0.1, -0.05) is 73.7 Å². The summed E-state index contributed by atoms with van der Waals surface area (Å²) in [5.74, 6) is -1.34. The summed E-state index contributed by atoms with van der Waals surface area (Å²) in [6.45, 7) is 3.57. The molecule has 1 amide bonds. The monoisotopic (exact) mass is 532 g/mol. The Labute approximate surface area is 229 Å². The van der Waals surface area contributed by atoms with Gasteiger partial charge in [-0.15, -0.1) is 0 Å². The summed E-state index contributed by atoms with van der Waals surface area (Å²) in [7, 11) is 2.08. The Balaban J connectivity index is 1.54. The van der Waals surface area contributed by atoms with Crippen molar-refractivity contribution in [2.75, 3.05) is 18.9 Å². The molecule has 3 aromatic carbocycles. The van der Waals surface area contributed by atoms with Crippen LogP contribution < -0.4 is 5.32 Å². The highest BCUT2D eigenvalue weighted by atomic mass is 16.7. The van der Waals surface area contributed by atoms with Gasteiger partial charge in [0.1, 0.15) is 0 Å². The molecule has 8 heteroatoms. The molecule has 0 saturated carbocycles. The Morgan fingerprint density at radius 3 is 2.33 bits per heavy atom. The van der Waals surface area contributed by atoms with E-state index in [0.717, 1.165) is 23.2 Å². The number of anilines is 1. The molecule has 1 heterocycles. The maximum Gasteiger partial charge on any atom is 0.303 e. The summed E-state index contributed by atoms with van der Waals surface area (Å²) in [6.07, 6.45) is -1.40. The first-order valence-corrected chi connectivity index (χ1v) is 13.2. The van der Waals surface area contributed by atoms with E-state index in [2.05, 4.69) is 36.3 Å². The lowest BCUT2D eigenvalue weighted by molar-refractivity contribution is -0.276. The topological polar surface area (TPSA) is 108 Å². The predicted molar refractivity (Wildman–Crippen MR) is 148 cm³/mol. The molecule has 1 saturated heterocycles. The first-order chi connectivity index (χ1) is 18.8. The van der Waals surface area contributed by atoms with E-state index < -0.39 is 12.3 Å². The molecule has 0 spiro atoms. The van der Waals surface area contributed by atoms with Crippen LogP contribution in [0.2, 0.25) is 0 Å². The first kappa shape index (κ1) is 28.4. The first-order valence-electron chi connectivity index (χ1n) is 13.2. The highest BCUT2D eigenvalue weighted by molar-refractivity contribution is 5.92. The second-order valence-corrected chi connectivity index (χ2v) is 10.1. The molecule has 206 valence electrons. The molecule has 39 heavy (non-hydrogen) atoms. The van der Waals surface area contributed by atoms with Crippen LogP contribution in [0.4, 0.5) is 5.69 Å². The molecule has 0 aliphatic carbocycles. The van der Waals surface area contributed by atoms with Crippen LogP contribution in [-0.2, 0) is 32.2 Å². The molecule has 4 atom stereocenters. The second kappa shape index (κ2) is 13.5. The molecule has 1 aliphatic heterocycles. The van der Waals surface area contributed by atoms with Crippen molar-refractivity contribution in [3.63, 3.8) is 0 Å². The van der Waals surface area contributed by atoms with Gasteiger partial charge in [0.2, 0.25) is 5.91 Å². The van der Waals surface area contributed by atoms with Crippen LogP contribution in [0.3, 0.4) is 0 Å². The van der Waals surface area contributed by atoms with Crippen molar-refractivity contribution in [3.8, 4) is 0 Å². The van der Waals surface area contributed by atoms with Gasteiger partial charge in [0.25, 0.3) is 0 Å². The maximum absolute atomic E-state index is 12.2. The van der Waals surface area contributed by atoms with Crippen LogP contribution in [0.25, 0.3) is 0 Å². The summed E-state index contributed by atoms with van der Waals surface area (Å²) in [5.41, 5.74) is 4.36. The predicted octanol–water partition coefficient (Wildman–Crippen LogP) is 4.91. The van der Waals surface area contributed by atoms with Gasteiger partial charge < -0.3 is 25.0 Å². The third kappa shape index (κ3) is 7.97. The zero-order valence-corrected chi connectivity index (χ0v) is 22.3. The Morgan fingerprint density at radius 2 is 1.64 bits per heavy atom. The van der Waals surface area contributed by atoms with Crippen molar-refractivity contribution < 1.29 is 29.3 Å². The molecule has 0 radical (unpaired) electrons. The van der Waals surface area contributed by atoms with Crippen molar-refractivity contribution >= 4 is 17.6 Å². The SMILES string of the molecule is CC1C(CN(C)Cc2ccccc2)OC(c2cccc(NC(=O)CCC(=O)O)c2)OC1c1ccc(CO)cc1. The summed E-state index contributed by atoms with van der Waals surface area (Å²) in [4.78, 5) is 25.2. The van der Waals surface area contributed by atoms with E-state index in [1.165, 1.54) is 5.56 Å². The molecule has 1 fully saturated rings. The van der Waals surface area contributed by atoms with E-state index in [4.69, 9.17) is 14.6 Å². The second-order valence-electron chi connectivity index (χ2n) is 10.1. The third-order valence-electron chi connectivity index (χ3n) is 6.92. The van der Waals surface area contributed by atoms with Crippen LogP contribution in [-0.4, -0.2) is 46.7 Å². The third-order valence-corrected chi connectivity index (χ3v) is 6.92. The number of aliphatic carboxylic acids is 1. The summed E-state index contributed by atoms with van der Waals surface area (Å²) < 4.78 is 13.1. The van der Waals surface area contributed by atoms with Crippen LogP contribution in [0, 0.1) is 5.92 Å². The number of nitrogens with zero attached hydrogens (tertiary/aromatic N) is 1. The standard InChI is InChI=1S/C31H36N2O6/c1-21-27(19-33(2)18-22-7-4-3-5-8-22)38-31(39-30(21)24-13-11-23(20-34)12-14-24)25-9-6-10-26(17-25)32-28(35)15-16-29(36)37/h3-14,17,21,27,30-31,34H,15-16,18-20H2,1-2H3,(H,32,35)(H,36,37). The summed E-state index contributed by atoms with van der Waals surface area (Å²) in [5, 5.41) is 21.1. The number of likely N-dealkylation sites (N-methyl/N-ethyl adjacent to an activating group) is 1. The molecule has 3 aromatic rings. The van der Waals surface area contributed by atoms with E-state index >= 15 is 0 Å². The van der Waals surface area contributed by atoms with Crippen molar-refractivity contribution in [1.82, 2.24) is 4.90 Å². The minimum Gasteiger partial charge on any atom is -0.481 e.